The number of aromatic hydroxyl groups is 2. The summed E-state index contributed by atoms with van der Waals surface area (Å²) in [6.45, 7) is 0.943. The minimum absolute atomic E-state index is 0.0593. The molecule has 2 heterocycles. The highest BCUT2D eigenvalue weighted by Crippen LogP contribution is 2.26. The Morgan fingerprint density at radius 1 is 1.27 bits per heavy atom. The summed E-state index contributed by atoms with van der Waals surface area (Å²) in [5, 5.41) is 29.2. The van der Waals surface area contributed by atoms with Crippen molar-refractivity contribution >= 4 is 35.0 Å². The number of carbonyl (C=O) groups is 4. The molecule has 3 amide bonds. The Morgan fingerprint density at radius 3 is 2.45 bits per heavy atom. The second kappa shape index (κ2) is 9.62. The molecule has 0 radical (unpaired) electrons. The topological polar surface area (TPSA) is 197 Å². The van der Waals surface area contributed by atoms with Crippen LogP contribution in [0.3, 0.4) is 0 Å². The Labute approximate surface area is 190 Å². The Morgan fingerprint density at radius 2 is 1.94 bits per heavy atom. The van der Waals surface area contributed by atoms with Gasteiger partial charge in [0.25, 0.3) is 5.91 Å². The average Bonchev–Trinajstić information content (AvgIpc) is 2.70. The van der Waals surface area contributed by atoms with E-state index >= 15 is 0 Å². The number of aliphatic carboxylic acids is 1. The molecule has 0 spiro atoms. The molecule has 2 fully saturated rings. The van der Waals surface area contributed by atoms with Crippen molar-refractivity contribution in [2.75, 3.05) is 19.7 Å². The molecule has 0 aromatic heterocycles. The van der Waals surface area contributed by atoms with E-state index in [4.69, 9.17) is 4.74 Å². The lowest BCUT2D eigenvalue weighted by Crippen LogP contribution is -2.64. The van der Waals surface area contributed by atoms with E-state index in [0.717, 1.165) is 17.0 Å². The zero-order chi connectivity index (χ0) is 24.4. The van der Waals surface area contributed by atoms with Crippen molar-refractivity contribution in [2.24, 2.45) is 0 Å². The highest BCUT2D eigenvalue weighted by atomic mass is 32.2. The molecule has 1 aromatic carbocycles. The fraction of sp³-hybridized carbons (Fsp3) is 0.474. The number of likely N-dealkylation sites (tertiary alicyclic amines) is 2. The van der Waals surface area contributed by atoms with E-state index in [2.05, 4.69) is 5.32 Å². The summed E-state index contributed by atoms with van der Waals surface area (Å²) in [5.74, 6) is -3.39. The molecule has 0 bridgehead atoms. The number of carbonyl (C=O) groups excluding carboxylic acids is 3. The maximum atomic E-state index is 12.2. The van der Waals surface area contributed by atoms with Gasteiger partial charge in [-0.2, -0.15) is 0 Å². The molecular weight excluding hydrogens is 462 g/mol. The Hall–Kier alpha value is -3.39. The van der Waals surface area contributed by atoms with E-state index in [-0.39, 0.29) is 30.8 Å². The lowest BCUT2D eigenvalue weighted by atomic mass is 9.98. The second-order valence-corrected chi connectivity index (χ2v) is 8.92. The molecule has 2 saturated heterocycles. The molecule has 33 heavy (non-hydrogen) atoms. The number of phenols is 2. The summed E-state index contributed by atoms with van der Waals surface area (Å²) in [6.07, 6.45) is -0.794. The third kappa shape index (κ3) is 5.17. The van der Waals surface area contributed by atoms with Gasteiger partial charge in [-0.1, -0.05) is 0 Å². The maximum absolute atomic E-state index is 12.2. The zero-order valence-electron chi connectivity index (χ0n) is 17.4. The van der Waals surface area contributed by atoms with Crippen molar-refractivity contribution in [3.8, 4) is 11.5 Å². The first-order chi connectivity index (χ1) is 15.5. The van der Waals surface area contributed by atoms with Gasteiger partial charge in [-0.3, -0.25) is 13.8 Å². The summed E-state index contributed by atoms with van der Waals surface area (Å²) in [7, 11) is 0. The highest BCUT2D eigenvalue weighted by Gasteiger charge is 2.46. The first kappa shape index (κ1) is 24.3. The van der Waals surface area contributed by atoms with Crippen LogP contribution in [0.5, 0.6) is 11.5 Å². The molecule has 1 aromatic rings. The molecule has 13 nitrogen and oxygen atoms in total. The molecule has 4 atom stereocenters. The Kier molecular flexibility index (Phi) is 7.07. The quantitative estimate of drug-likeness (QED) is 0.201. The number of hydrogen-bond donors (Lipinski definition) is 4. The number of benzene rings is 1. The number of nitrogens with zero attached hydrogens (tertiary/aromatic N) is 2. The monoisotopic (exact) mass is 484 g/mol. The summed E-state index contributed by atoms with van der Waals surface area (Å²) in [4.78, 5) is 49.9. The van der Waals surface area contributed by atoms with Crippen molar-refractivity contribution in [1.82, 2.24) is 15.1 Å². The van der Waals surface area contributed by atoms with Gasteiger partial charge < -0.3 is 39.7 Å². The van der Waals surface area contributed by atoms with Gasteiger partial charge in [0, 0.05) is 31.1 Å². The predicted octanol–water partition coefficient (Wildman–Crippen LogP) is -1.03. The third-order valence-corrected chi connectivity index (χ3v) is 6.36. The number of carboxylic acid groups (broad SMARTS) is 1. The molecule has 2 aliphatic heterocycles. The molecule has 0 saturated carbocycles. The standard InChI is InChI=1S/C19H23N3O10S/c1-9-4-15(25)22(9)16(18(27)28)14(33(30)31)8-32-19(29)21-6-11(7-21)20-17(26)10-2-3-12(23)13(24)5-10/h2-3,5,9,11,14,16,23-24H,4,6-8H2,1H3,(H,20,26)(H,27,28)(H,30,31)/p-1/t9-,14+,16-/m1/s1. The van der Waals surface area contributed by atoms with Crippen LogP contribution >= 0.6 is 0 Å². The first-order valence-corrected chi connectivity index (χ1v) is 11.0. The fourth-order valence-electron chi connectivity index (χ4n) is 3.63. The van der Waals surface area contributed by atoms with Crippen LogP contribution < -0.4 is 5.32 Å². The van der Waals surface area contributed by atoms with Crippen molar-refractivity contribution < 1.29 is 48.0 Å². The molecule has 1 unspecified atom stereocenters. The van der Waals surface area contributed by atoms with Crippen LogP contribution in [0.15, 0.2) is 18.2 Å². The van der Waals surface area contributed by atoms with Gasteiger partial charge in [-0.25, -0.2) is 9.59 Å². The number of carboxylic acids is 1. The van der Waals surface area contributed by atoms with Crippen LogP contribution in [0.25, 0.3) is 0 Å². The third-order valence-electron chi connectivity index (χ3n) is 5.47. The van der Waals surface area contributed by atoms with Crippen LogP contribution in [0, 0.1) is 0 Å². The van der Waals surface area contributed by atoms with E-state index in [0.29, 0.717) is 0 Å². The second-order valence-electron chi connectivity index (χ2n) is 7.79. The van der Waals surface area contributed by atoms with Crippen molar-refractivity contribution in [3.63, 3.8) is 0 Å². The Balaban J connectivity index is 1.51. The maximum Gasteiger partial charge on any atom is 0.409 e. The van der Waals surface area contributed by atoms with Gasteiger partial charge in [0.2, 0.25) is 5.91 Å². The lowest BCUT2D eigenvalue weighted by Gasteiger charge is -2.45. The number of amides is 3. The minimum atomic E-state index is -2.94. The van der Waals surface area contributed by atoms with E-state index in [1.807, 2.05) is 0 Å². The van der Waals surface area contributed by atoms with Crippen molar-refractivity contribution in [3.05, 3.63) is 23.8 Å². The largest absolute Gasteiger partial charge is 0.772 e. The smallest absolute Gasteiger partial charge is 0.409 e. The SMILES string of the molecule is C[C@@H]1CC(=O)N1[C@@H](C(=O)O)[C@H](COC(=O)N1CC(NC(=O)c2ccc(O)c(O)c2)C1)S(=O)[O-]. The average molecular weight is 484 g/mol. The molecule has 14 heteroatoms. The predicted molar refractivity (Wildman–Crippen MR) is 109 cm³/mol. The van der Waals surface area contributed by atoms with Gasteiger partial charge >= 0.3 is 12.1 Å². The lowest BCUT2D eigenvalue weighted by molar-refractivity contribution is -0.161. The summed E-state index contributed by atoms with van der Waals surface area (Å²) in [5.41, 5.74) is 0.0987. The minimum Gasteiger partial charge on any atom is -0.772 e. The van der Waals surface area contributed by atoms with Gasteiger partial charge in [-0.15, -0.1) is 0 Å². The molecule has 3 rings (SSSR count). The van der Waals surface area contributed by atoms with Crippen LogP contribution in [0.2, 0.25) is 0 Å². The van der Waals surface area contributed by atoms with Crippen LogP contribution in [-0.2, 0) is 25.4 Å². The fourth-order valence-corrected chi connectivity index (χ4v) is 4.26. The number of phenolic OH excluding ortho intramolecular Hbond substituents is 2. The van der Waals surface area contributed by atoms with Gasteiger partial charge in [0.15, 0.2) is 11.5 Å². The van der Waals surface area contributed by atoms with E-state index in [9.17, 15) is 43.3 Å². The molecular formula is C19H22N3O10S-. The molecule has 2 aliphatic rings. The van der Waals surface area contributed by atoms with E-state index in [1.165, 1.54) is 11.0 Å². The van der Waals surface area contributed by atoms with Gasteiger partial charge in [0.05, 0.1) is 11.3 Å². The number of rotatable bonds is 8. The van der Waals surface area contributed by atoms with Crippen molar-refractivity contribution in [1.29, 1.82) is 0 Å². The number of nitrogens with one attached hydrogen (secondary N) is 1. The molecule has 4 N–H and O–H groups in total. The van der Waals surface area contributed by atoms with Crippen LogP contribution in [0.4, 0.5) is 4.79 Å². The normalized spacial score (nSPS) is 20.8. The number of β-lactam (4-membered cyclic amide) rings is 1. The zero-order valence-corrected chi connectivity index (χ0v) is 18.2. The number of ether oxygens (including phenoxy) is 1. The summed E-state index contributed by atoms with van der Waals surface area (Å²) < 4.78 is 28.2. The van der Waals surface area contributed by atoms with E-state index in [1.54, 1.807) is 6.92 Å². The highest BCUT2D eigenvalue weighted by molar-refractivity contribution is 7.79. The first-order valence-electron chi connectivity index (χ1n) is 9.86. The molecule has 0 aliphatic carbocycles. The number of hydrogen-bond acceptors (Lipinski definition) is 9. The van der Waals surface area contributed by atoms with Crippen LogP contribution in [-0.4, -0.2) is 101 Å². The van der Waals surface area contributed by atoms with Crippen molar-refractivity contribution in [2.45, 2.75) is 36.7 Å². The summed E-state index contributed by atoms with van der Waals surface area (Å²) in [6, 6.07) is 0.983. The van der Waals surface area contributed by atoms with E-state index < -0.39 is 70.7 Å². The summed E-state index contributed by atoms with van der Waals surface area (Å²) >= 11 is -2.94. The Bertz CT molecular complexity index is 996. The van der Waals surface area contributed by atoms with Gasteiger partial charge in [0.1, 0.15) is 12.6 Å². The van der Waals surface area contributed by atoms with Crippen LogP contribution in [0.1, 0.15) is 23.7 Å². The molecule has 180 valence electrons. The van der Waals surface area contributed by atoms with Gasteiger partial charge in [-0.05, 0) is 36.2 Å².